The molecule has 1 N–H and O–H groups in total. The maximum atomic E-state index is 13.7. The smallest absolute Gasteiger partial charge is 0.340 e. The van der Waals surface area contributed by atoms with E-state index in [0.29, 0.717) is 12.1 Å². The van der Waals surface area contributed by atoms with Gasteiger partial charge in [0.05, 0.1) is 16.9 Å². The van der Waals surface area contributed by atoms with Gasteiger partial charge in [-0.15, -0.1) is 0 Å². The minimum atomic E-state index is -0.896. The molecule has 2 aliphatic carbocycles. The van der Waals surface area contributed by atoms with E-state index in [4.69, 9.17) is 4.74 Å². The SMILES string of the molecule is CC1=CC(=O)N(c2ccccc2C(=O)OC[C@]23CCC[C@@]4(CCCCC[C@@]42O)CN(CCCc2ccccc2)C3)C1=O. The summed E-state index contributed by atoms with van der Waals surface area (Å²) in [7, 11) is 0. The molecule has 1 saturated heterocycles. The van der Waals surface area contributed by atoms with Crippen LogP contribution in [0.15, 0.2) is 66.2 Å². The van der Waals surface area contributed by atoms with Crippen molar-refractivity contribution in [2.24, 2.45) is 10.8 Å². The molecule has 42 heavy (non-hydrogen) atoms. The van der Waals surface area contributed by atoms with Gasteiger partial charge in [0, 0.05) is 35.6 Å². The molecule has 0 radical (unpaired) electrons. The Labute approximate surface area is 248 Å². The van der Waals surface area contributed by atoms with Crippen LogP contribution in [0.3, 0.4) is 0 Å². The van der Waals surface area contributed by atoms with E-state index >= 15 is 0 Å². The third-order valence-corrected chi connectivity index (χ3v) is 10.5. The Hall–Kier alpha value is -3.29. The predicted octanol–water partition coefficient (Wildman–Crippen LogP) is 5.46. The number of para-hydroxylation sites is 1. The highest BCUT2D eigenvalue weighted by molar-refractivity contribution is 6.31. The molecule has 2 amide bonds. The summed E-state index contributed by atoms with van der Waals surface area (Å²) in [5.74, 6) is -1.46. The highest BCUT2D eigenvalue weighted by Gasteiger charge is 2.67. The van der Waals surface area contributed by atoms with Crippen molar-refractivity contribution in [1.82, 2.24) is 4.90 Å². The summed E-state index contributed by atoms with van der Waals surface area (Å²) >= 11 is 0. The van der Waals surface area contributed by atoms with Gasteiger partial charge in [0.25, 0.3) is 11.8 Å². The molecular formula is C35H42N2O5. The second-order valence-electron chi connectivity index (χ2n) is 13.0. The number of anilines is 1. The van der Waals surface area contributed by atoms with Gasteiger partial charge in [-0.05, 0) is 69.7 Å². The molecule has 2 bridgehead atoms. The lowest BCUT2D eigenvalue weighted by Gasteiger charge is -2.66. The largest absolute Gasteiger partial charge is 0.461 e. The standard InChI is InChI=1S/C35H42N2O5/c1-26-22-30(38)37(31(26)39)29-16-7-6-15-28(29)32(40)42-25-34-19-11-18-33(17-8-3-9-20-35(33,34)41)23-36(24-34)21-10-14-27-12-4-2-5-13-27/h2,4-7,12-13,15-16,22,41H,3,8-11,14,17-21,23-25H2,1H3/t33-,34+,35+/m0/s1. The number of ether oxygens (including phenoxy) is 1. The van der Waals surface area contributed by atoms with Crippen LogP contribution in [0.1, 0.15) is 80.6 Å². The number of nitrogens with zero attached hydrogens (tertiary/aromatic N) is 2. The van der Waals surface area contributed by atoms with Gasteiger partial charge >= 0.3 is 5.97 Å². The molecule has 0 unspecified atom stereocenters. The minimum Gasteiger partial charge on any atom is -0.461 e. The highest BCUT2D eigenvalue weighted by atomic mass is 16.5. The monoisotopic (exact) mass is 570 g/mol. The number of imide groups is 1. The lowest BCUT2D eigenvalue weighted by atomic mass is 9.47. The number of carbonyl (C=O) groups excluding carboxylic acids is 3. The van der Waals surface area contributed by atoms with Crippen molar-refractivity contribution < 1.29 is 24.2 Å². The average molecular weight is 571 g/mol. The fourth-order valence-electron chi connectivity index (χ4n) is 8.52. The lowest BCUT2D eigenvalue weighted by molar-refractivity contribution is -0.258. The lowest BCUT2D eigenvalue weighted by Crippen LogP contribution is -2.73. The number of likely N-dealkylation sites (tertiary alicyclic amines) is 1. The molecular weight excluding hydrogens is 528 g/mol. The average Bonchev–Trinajstić information content (AvgIpc) is 3.11. The first kappa shape index (κ1) is 28.8. The number of hydrogen-bond donors (Lipinski definition) is 1. The maximum absolute atomic E-state index is 13.7. The normalized spacial score (nSPS) is 29.6. The summed E-state index contributed by atoms with van der Waals surface area (Å²) in [6, 6.07) is 17.2. The number of rotatable bonds is 8. The Kier molecular flexibility index (Phi) is 7.83. The van der Waals surface area contributed by atoms with Gasteiger partial charge in [-0.25, -0.2) is 9.69 Å². The number of carbonyl (C=O) groups is 3. The predicted molar refractivity (Wildman–Crippen MR) is 161 cm³/mol. The number of amides is 2. The zero-order valence-corrected chi connectivity index (χ0v) is 24.6. The number of aryl methyl sites for hydroxylation is 1. The molecule has 2 aromatic carbocycles. The molecule has 0 spiro atoms. The first-order valence-corrected chi connectivity index (χ1v) is 15.6. The van der Waals surface area contributed by atoms with E-state index in [1.165, 1.54) is 11.6 Å². The molecule has 222 valence electrons. The Bertz CT molecular complexity index is 1390. The number of piperidine rings is 1. The van der Waals surface area contributed by atoms with Crippen LogP contribution in [0.25, 0.3) is 0 Å². The van der Waals surface area contributed by atoms with E-state index in [1.807, 2.05) is 6.07 Å². The Morgan fingerprint density at radius 1 is 0.905 bits per heavy atom. The Morgan fingerprint density at radius 2 is 1.64 bits per heavy atom. The molecule has 2 aliphatic heterocycles. The fraction of sp³-hybridized carbons (Fsp3) is 0.514. The summed E-state index contributed by atoms with van der Waals surface area (Å²) < 4.78 is 6.12. The molecule has 2 saturated carbocycles. The van der Waals surface area contributed by atoms with Gasteiger partial charge in [0.1, 0.15) is 6.61 Å². The number of benzene rings is 2. The third-order valence-electron chi connectivity index (χ3n) is 10.5. The van der Waals surface area contributed by atoms with Crippen LogP contribution in [0.5, 0.6) is 0 Å². The van der Waals surface area contributed by atoms with Gasteiger partial charge in [0.15, 0.2) is 0 Å². The summed E-state index contributed by atoms with van der Waals surface area (Å²) in [4.78, 5) is 42.6. The number of hydrogen-bond acceptors (Lipinski definition) is 6. The van der Waals surface area contributed by atoms with E-state index < -0.39 is 28.8 Å². The number of aliphatic hydroxyl groups is 1. The van der Waals surface area contributed by atoms with Crippen molar-refractivity contribution in [3.8, 4) is 0 Å². The maximum Gasteiger partial charge on any atom is 0.340 e. The van der Waals surface area contributed by atoms with Crippen LogP contribution in [-0.2, 0) is 20.7 Å². The molecule has 4 aliphatic rings. The van der Waals surface area contributed by atoms with Crippen molar-refractivity contribution in [3.63, 3.8) is 0 Å². The molecule has 2 heterocycles. The first-order chi connectivity index (χ1) is 20.3. The van der Waals surface area contributed by atoms with Crippen molar-refractivity contribution in [2.45, 2.75) is 76.7 Å². The van der Waals surface area contributed by atoms with Gasteiger partial charge in [-0.3, -0.25) is 9.59 Å². The van der Waals surface area contributed by atoms with Crippen LogP contribution < -0.4 is 4.90 Å². The Morgan fingerprint density at radius 3 is 2.43 bits per heavy atom. The van der Waals surface area contributed by atoms with Crippen molar-refractivity contribution in [2.75, 3.05) is 31.1 Å². The topological polar surface area (TPSA) is 87.2 Å². The van der Waals surface area contributed by atoms with E-state index in [0.717, 1.165) is 82.2 Å². The molecule has 3 atom stereocenters. The third kappa shape index (κ3) is 4.90. The summed E-state index contributed by atoms with van der Waals surface area (Å²) in [5, 5.41) is 12.7. The van der Waals surface area contributed by atoms with Crippen LogP contribution in [0.4, 0.5) is 5.69 Å². The second-order valence-corrected chi connectivity index (χ2v) is 13.0. The van der Waals surface area contributed by atoms with Gasteiger partial charge in [0.2, 0.25) is 0 Å². The van der Waals surface area contributed by atoms with Crippen molar-refractivity contribution in [3.05, 3.63) is 77.4 Å². The minimum absolute atomic E-state index is 0.118. The molecule has 7 nitrogen and oxygen atoms in total. The van der Waals surface area contributed by atoms with Gasteiger partial charge in [-0.1, -0.05) is 68.1 Å². The molecule has 3 fully saturated rings. The molecule has 0 aromatic heterocycles. The van der Waals surface area contributed by atoms with Gasteiger partial charge in [-0.2, -0.15) is 0 Å². The summed E-state index contributed by atoms with van der Waals surface area (Å²) in [5.41, 5.74) is 0.431. The van der Waals surface area contributed by atoms with E-state index in [1.54, 1.807) is 31.2 Å². The number of esters is 1. The second kappa shape index (κ2) is 11.4. The molecule has 7 heteroatoms. The van der Waals surface area contributed by atoms with Crippen molar-refractivity contribution in [1.29, 1.82) is 0 Å². The van der Waals surface area contributed by atoms with E-state index in [2.05, 4.69) is 29.2 Å². The van der Waals surface area contributed by atoms with Crippen LogP contribution in [0.2, 0.25) is 0 Å². The highest BCUT2D eigenvalue weighted by Crippen LogP contribution is 2.63. The van der Waals surface area contributed by atoms with E-state index in [9.17, 15) is 19.5 Å². The zero-order chi connectivity index (χ0) is 29.4. The summed E-state index contributed by atoms with van der Waals surface area (Å²) in [6.07, 6.45) is 11.1. The fourth-order valence-corrected chi connectivity index (χ4v) is 8.52. The zero-order valence-electron chi connectivity index (χ0n) is 24.6. The Balaban J connectivity index is 1.24. The van der Waals surface area contributed by atoms with Crippen LogP contribution in [0, 0.1) is 10.8 Å². The van der Waals surface area contributed by atoms with Gasteiger partial charge < -0.3 is 14.7 Å². The quantitative estimate of drug-likeness (QED) is 0.335. The van der Waals surface area contributed by atoms with Crippen molar-refractivity contribution >= 4 is 23.5 Å². The first-order valence-electron chi connectivity index (χ1n) is 15.6. The van der Waals surface area contributed by atoms with Crippen LogP contribution in [-0.4, -0.2) is 59.6 Å². The van der Waals surface area contributed by atoms with Crippen LogP contribution >= 0.6 is 0 Å². The molecule has 6 rings (SSSR count). The summed E-state index contributed by atoms with van der Waals surface area (Å²) in [6.45, 7) is 4.24. The molecule has 2 aromatic rings. The van der Waals surface area contributed by atoms with E-state index in [-0.39, 0.29) is 23.3 Å².